The van der Waals surface area contributed by atoms with Crippen molar-refractivity contribution in [2.24, 2.45) is 5.92 Å². The number of amides is 2. The SMILES string of the molecule is COc1ccccc1CNC(=O)[C@@H]1CCCN(S(=O)(=O)c2ccc3c(c2)C(C)(C)C(=O)N3C)C1. The molecule has 8 nitrogen and oxygen atoms in total. The second-order valence-electron chi connectivity index (χ2n) is 9.40. The maximum Gasteiger partial charge on any atom is 0.243 e. The van der Waals surface area contributed by atoms with E-state index in [1.54, 1.807) is 51.1 Å². The summed E-state index contributed by atoms with van der Waals surface area (Å²) in [5.41, 5.74) is 1.49. The summed E-state index contributed by atoms with van der Waals surface area (Å²) in [5, 5.41) is 2.93. The van der Waals surface area contributed by atoms with Crippen LogP contribution < -0.4 is 15.0 Å². The van der Waals surface area contributed by atoms with Crippen molar-refractivity contribution in [1.82, 2.24) is 9.62 Å². The van der Waals surface area contributed by atoms with Crippen LogP contribution in [0.4, 0.5) is 5.69 Å². The minimum Gasteiger partial charge on any atom is -0.496 e. The van der Waals surface area contributed by atoms with Crippen LogP contribution in [0.3, 0.4) is 0 Å². The van der Waals surface area contributed by atoms with E-state index in [4.69, 9.17) is 4.74 Å². The second-order valence-corrected chi connectivity index (χ2v) is 11.3. The maximum absolute atomic E-state index is 13.5. The van der Waals surface area contributed by atoms with Crippen LogP contribution in [0.15, 0.2) is 47.4 Å². The summed E-state index contributed by atoms with van der Waals surface area (Å²) in [5.74, 6) is 0.0195. The predicted octanol–water partition coefficient (Wildman–Crippen LogP) is 2.67. The molecule has 9 heteroatoms. The number of para-hydroxylation sites is 1. The number of fused-ring (bicyclic) bond motifs is 1. The molecule has 182 valence electrons. The third kappa shape index (κ3) is 4.18. The van der Waals surface area contributed by atoms with Crippen LogP contribution in [0.1, 0.15) is 37.8 Å². The molecule has 2 aliphatic rings. The lowest BCUT2D eigenvalue weighted by Crippen LogP contribution is -2.45. The molecule has 2 amide bonds. The largest absolute Gasteiger partial charge is 0.496 e. The lowest BCUT2D eigenvalue weighted by molar-refractivity contribution is -0.126. The first-order valence-corrected chi connectivity index (χ1v) is 12.8. The fourth-order valence-corrected chi connectivity index (χ4v) is 6.36. The average Bonchev–Trinajstić information content (AvgIpc) is 3.02. The quantitative estimate of drug-likeness (QED) is 0.679. The van der Waals surface area contributed by atoms with Gasteiger partial charge in [0.1, 0.15) is 5.75 Å². The highest BCUT2D eigenvalue weighted by molar-refractivity contribution is 7.89. The van der Waals surface area contributed by atoms with E-state index >= 15 is 0 Å². The number of benzene rings is 2. The molecule has 0 saturated carbocycles. The van der Waals surface area contributed by atoms with Crippen LogP contribution in [-0.2, 0) is 31.6 Å². The van der Waals surface area contributed by atoms with E-state index in [1.807, 2.05) is 24.3 Å². The Balaban J connectivity index is 1.49. The van der Waals surface area contributed by atoms with E-state index in [-0.39, 0.29) is 23.3 Å². The Labute approximate surface area is 200 Å². The molecule has 34 heavy (non-hydrogen) atoms. The van der Waals surface area contributed by atoms with Crippen molar-refractivity contribution in [3.05, 3.63) is 53.6 Å². The number of anilines is 1. The molecule has 2 aliphatic heterocycles. The summed E-state index contributed by atoms with van der Waals surface area (Å²) < 4.78 is 33.7. The number of likely N-dealkylation sites (N-methyl/N-ethyl adjacent to an activating group) is 1. The summed E-state index contributed by atoms with van der Waals surface area (Å²) in [6, 6.07) is 12.3. The first-order valence-electron chi connectivity index (χ1n) is 11.4. The minimum absolute atomic E-state index is 0.0678. The van der Waals surface area contributed by atoms with E-state index in [0.29, 0.717) is 37.2 Å². The zero-order valence-corrected chi connectivity index (χ0v) is 20.8. The molecule has 0 spiro atoms. The minimum atomic E-state index is -3.81. The van der Waals surface area contributed by atoms with Crippen molar-refractivity contribution in [3.63, 3.8) is 0 Å². The zero-order chi connectivity index (χ0) is 24.7. The molecule has 2 aromatic carbocycles. The Bertz CT molecular complexity index is 1220. The van der Waals surface area contributed by atoms with Crippen molar-refractivity contribution in [3.8, 4) is 5.75 Å². The molecule has 1 N–H and O–H groups in total. The highest BCUT2D eigenvalue weighted by Crippen LogP contribution is 2.42. The van der Waals surface area contributed by atoms with Gasteiger partial charge in [0, 0.05) is 37.9 Å². The fraction of sp³-hybridized carbons (Fsp3) is 0.440. The van der Waals surface area contributed by atoms with Crippen molar-refractivity contribution in [2.45, 2.75) is 43.5 Å². The molecular formula is C25H31N3O5S. The Hall–Kier alpha value is -2.91. The van der Waals surface area contributed by atoms with Gasteiger partial charge in [0.2, 0.25) is 21.8 Å². The van der Waals surface area contributed by atoms with E-state index in [1.165, 1.54) is 4.31 Å². The molecule has 0 unspecified atom stereocenters. The van der Waals surface area contributed by atoms with Crippen molar-refractivity contribution >= 4 is 27.5 Å². The van der Waals surface area contributed by atoms with Crippen molar-refractivity contribution in [2.75, 3.05) is 32.1 Å². The maximum atomic E-state index is 13.5. The molecule has 4 rings (SSSR count). The molecule has 0 aromatic heterocycles. The topological polar surface area (TPSA) is 96.0 Å². The average molecular weight is 486 g/mol. The summed E-state index contributed by atoms with van der Waals surface area (Å²) in [6.07, 6.45) is 1.23. The van der Waals surface area contributed by atoms with Gasteiger partial charge in [-0.05, 0) is 56.5 Å². The molecule has 0 radical (unpaired) electrons. The van der Waals surface area contributed by atoms with Gasteiger partial charge in [-0.1, -0.05) is 18.2 Å². The summed E-state index contributed by atoms with van der Waals surface area (Å²) in [4.78, 5) is 27.2. The van der Waals surface area contributed by atoms with Gasteiger partial charge in [-0.3, -0.25) is 9.59 Å². The van der Waals surface area contributed by atoms with E-state index < -0.39 is 21.4 Å². The van der Waals surface area contributed by atoms with E-state index in [9.17, 15) is 18.0 Å². The van der Waals surface area contributed by atoms with Crippen molar-refractivity contribution < 1.29 is 22.7 Å². The number of ether oxygens (including phenoxy) is 1. The van der Waals surface area contributed by atoms with Crippen LogP contribution in [0, 0.1) is 5.92 Å². The number of methoxy groups -OCH3 is 1. The van der Waals surface area contributed by atoms with E-state index in [2.05, 4.69) is 5.32 Å². The molecule has 2 aromatic rings. The normalized spacial score (nSPS) is 20.2. The van der Waals surface area contributed by atoms with Crippen LogP contribution in [0.2, 0.25) is 0 Å². The zero-order valence-electron chi connectivity index (χ0n) is 20.0. The third-order valence-corrected chi connectivity index (χ3v) is 8.74. The van der Waals surface area contributed by atoms with Gasteiger partial charge < -0.3 is 15.0 Å². The number of piperidine rings is 1. The number of hydrogen-bond donors (Lipinski definition) is 1. The van der Waals surface area contributed by atoms with Crippen LogP contribution >= 0.6 is 0 Å². The van der Waals surface area contributed by atoms with Gasteiger partial charge in [0.05, 0.1) is 23.3 Å². The fourth-order valence-electron chi connectivity index (χ4n) is 4.81. The van der Waals surface area contributed by atoms with Crippen LogP contribution in [0.25, 0.3) is 0 Å². The Kier molecular flexibility index (Phi) is 6.44. The number of sulfonamides is 1. The number of hydrogen-bond acceptors (Lipinski definition) is 5. The third-order valence-electron chi connectivity index (χ3n) is 6.88. The Morgan fingerprint density at radius 3 is 2.68 bits per heavy atom. The first-order chi connectivity index (χ1) is 16.1. The molecule has 1 saturated heterocycles. The smallest absolute Gasteiger partial charge is 0.243 e. The molecule has 0 bridgehead atoms. The molecule has 0 aliphatic carbocycles. The highest BCUT2D eigenvalue weighted by atomic mass is 32.2. The van der Waals surface area contributed by atoms with Crippen molar-refractivity contribution in [1.29, 1.82) is 0 Å². The lowest BCUT2D eigenvalue weighted by Gasteiger charge is -2.31. The van der Waals surface area contributed by atoms with Crippen LogP contribution in [-0.4, -0.2) is 51.8 Å². The van der Waals surface area contributed by atoms with Gasteiger partial charge in [-0.2, -0.15) is 4.31 Å². The first kappa shape index (κ1) is 24.2. The number of carbonyl (C=O) groups excluding carboxylic acids is 2. The monoisotopic (exact) mass is 485 g/mol. The molecular weight excluding hydrogens is 454 g/mol. The van der Waals surface area contributed by atoms with Gasteiger partial charge in [-0.15, -0.1) is 0 Å². The number of nitrogens with one attached hydrogen (secondary N) is 1. The summed E-state index contributed by atoms with van der Waals surface area (Å²) >= 11 is 0. The lowest BCUT2D eigenvalue weighted by atomic mass is 9.86. The summed E-state index contributed by atoms with van der Waals surface area (Å²) in [7, 11) is -0.530. The predicted molar refractivity (Wildman–Crippen MR) is 129 cm³/mol. The molecule has 1 atom stereocenters. The number of nitrogens with zero attached hydrogens (tertiary/aromatic N) is 2. The van der Waals surface area contributed by atoms with Gasteiger partial charge in [-0.25, -0.2) is 8.42 Å². The van der Waals surface area contributed by atoms with Gasteiger partial charge >= 0.3 is 0 Å². The molecule has 1 fully saturated rings. The van der Waals surface area contributed by atoms with Gasteiger partial charge in [0.25, 0.3) is 0 Å². The summed E-state index contributed by atoms with van der Waals surface area (Å²) in [6.45, 7) is 4.40. The molecule has 2 heterocycles. The standard InChI is InChI=1S/C25H31N3O5S/c1-25(2)20-14-19(11-12-21(20)27(3)24(25)30)34(31,32)28-13-7-9-18(16-28)23(29)26-15-17-8-5-6-10-22(17)33-4/h5-6,8,10-12,14,18H,7,9,13,15-16H2,1-4H3,(H,26,29)/t18-/m1/s1. The number of carbonyl (C=O) groups is 2. The number of rotatable bonds is 6. The highest BCUT2D eigenvalue weighted by Gasteiger charge is 2.43. The Morgan fingerprint density at radius 1 is 1.21 bits per heavy atom. The van der Waals surface area contributed by atoms with Crippen LogP contribution in [0.5, 0.6) is 5.75 Å². The van der Waals surface area contributed by atoms with E-state index in [0.717, 1.165) is 11.3 Å². The second kappa shape index (κ2) is 9.03. The Morgan fingerprint density at radius 2 is 1.94 bits per heavy atom. The van der Waals surface area contributed by atoms with Gasteiger partial charge in [0.15, 0.2) is 0 Å².